The van der Waals surface area contributed by atoms with Crippen LogP contribution in [0, 0.1) is 0 Å². The van der Waals surface area contributed by atoms with Crippen molar-refractivity contribution >= 4 is 12.1 Å². The zero-order valence-corrected chi connectivity index (χ0v) is 14.2. The average molecular weight is 311 g/mol. The summed E-state index contributed by atoms with van der Waals surface area (Å²) in [5.41, 5.74) is -1.76. The van der Waals surface area contributed by atoms with Crippen molar-refractivity contribution in [2.45, 2.75) is 64.5 Å². The molecule has 0 atom stereocenters. The van der Waals surface area contributed by atoms with Crippen molar-refractivity contribution in [1.82, 2.24) is 5.32 Å². The molecule has 0 rings (SSSR count). The molecular weight excluding hydrogens is 282 g/mol. The van der Waals surface area contributed by atoms with E-state index in [4.69, 9.17) is 9.47 Å². The molecule has 0 fully saturated rings. The molecule has 0 unspecified atom stereocenters. The van der Waals surface area contributed by atoms with Gasteiger partial charge < -0.3 is 14.8 Å². The lowest BCUT2D eigenvalue weighted by Crippen LogP contribution is -2.56. The van der Waals surface area contributed by atoms with E-state index < -0.39 is 23.2 Å². The third-order valence-electron chi connectivity index (χ3n) is 2.96. The first kappa shape index (κ1) is 20.2. The van der Waals surface area contributed by atoms with Crippen LogP contribution in [0.4, 0.5) is 4.79 Å². The van der Waals surface area contributed by atoms with Crippen LogP contribution in [0.25, 0.3) is 0 Å². The van der Waals surface area contributed by atoms with Gasteiger partial charge in [0.25, 0.3) is 0 Å². The van der Waals surface area contributed by atoms with E-state index in [1.54, 1.807) is 39.8 Å². The predicted octanol–water partition coefficient (Wildman–Crippen LogP) is 3.75. The monoisotopic (exact) mass is 311 g/mol. The Morgan fingerprint density at radius 1 is 1.09 bits per heavy atom. The number of carbonyl (C=O) groups is 2. The summed E-state index contributed by atoms with van der Waals surface area (Å²) in [7, 11) is 0. The van der Waals surface area contributed by atoms with Crippen LogP contribution in [0.5, 0.6) is 0 Å². The number of hydrogen-bond acceptors (Lipinski definition) is 4. The number of rotatable bonds is 9. The zero-order chi connectivity index (χ0) is 17.2. The fourth-order valence-electron chi connectivity index (χ4n) is 1.97. The summed E-state index contributed by atoms with van der Waals surface area (Å²) >= 11 is 0. The molecule has 0 radical (unpaired) electrons. The van der Waals surface area contributed by atoms with E-state index in [1.165, 1.54) is 0 Å². The third kappa shape index (κ3) is 7.29. The molecule has 22 heavy (non-hydrogen) atoms. The Labute approximate surface area is 133 Å². The van der Waals surface area contributed by atoms with Gasteiger partial charge in [-0.3, -0.25) is 0 Å². The van der Waals surface area contributed by atoms with Crippen molar-refractivity contribution in [2.24, 2.45) is 0 Å². The normalized spacial score (nSPS) is 11.5. The molecule has 0 heterocycles. The van der Waals surface area contributed by atoms with Crippen LogP contribution >= 0.6 is 0 Å². The number of alkyl carbamates (subject to hydrolysis) is 1. The lowest BCUT2D eigenvalue weighted by atomic mass is 9.88. The van der Waals surface area contributed by atoms with E-state index in [2.05, 4.69) is 18.5 Å². The van der Waals surface area contributed by atoms with E-state index in [0.29, 0.717) is 25.7 Å². The Kier molecular flexibility index (Phi) is 8.53. The molecular formula is C17H29NO4. The molecule has 0 aliphatic rings. The molecule has 0 aliphatic carbocycles. The summed E-state index contributed by atoms with van der Waals surface area (Å²) in [6, 6.07) is 0. The highest BCUT2D eigenvalue weighted by Crippen LogP contribution is 2.23. The molecule has 0 aromatic heterocycles. The van der Waals surface area contributed by atoms with Crippen molar-refractivity contribution in [3.63, 3.8) is 0 Å². The lowest BCUT2D eigenvalue weighted by Gasteiger charge is -2.33. The van der Waals surface area contributed by atoms with Crippen molar-refractivity contribution in [1.29, 1.82) is 0 Å². The molecule has 5 heteroatoms. The van der Waals surface area contributed by atoms with Crippen LogP contribution in [0.2, 0.25) is 0 Å². The molecule has 126 valence electrons. The van der Waals surface area contributed by atoms with E-state index in [1.807, 2.05) is 0 Å². The maximum atomic E-state index is 12.4. The van der Waals surface area contributed by atoms with Gasteiger partial charge in [0.2, 0.25) is 0 Å². The van der Waals surface area contributed by atoms with E-state index in [9.17, 15) is 9.59 Å². The SMILES string of the molecule is C=CCCC(CCC=C)(NC(=O)OC(C)(C)C)C(=O)OCC. The van der Waals surface area contributed by atoms with Crippen LogP contribution in [0.15, 0.2) is 25.3 Å². The molecule has 1 amide bonds. The van der Waals surface area contributed by atoms with Gasteiger partial charge >= 0.3 is 12.1 Å². The van der Waals surface area contributed by atoms with Gasteiger partial charge in [0.1, 0.15) is 11.1 Å². The average Bonchev–Trinajstić information content (AvgIpc) is 2.40. The van der Waals surface area contributed by atoms with Gasteiger partial charge in [0.15, 0.2) is 0 Å². The lowest BCUT2D eigenvalue weighted by molar-refractivity contribution is -0.151. The maximum absolute atomic E-state index is 12.4. The number of ether oxygens (including phenoxy) is 2. The van der Waals surface area contributed by atoms with Crippen LogP contribution in [-0.2, 0) is 14.3 Å². The second kappa shape index (κ2) is 9.28. The van der Waals surface area contributed by atoms with Gasteiger partial charge in [-0.25, -0.2) is 9.59 Å². The van der Waals surface area contributed by atoms with E-state index in [0.717, 1.165) is 0 Å². The highest BCUT2D eigenvalue weighted by Gasteiger charge is 2.41. The smallest absolute Gasteiger partial charge is 0.408 e. The molecule has 0 spiro atoms. The minimum absolute atomic E-state index is 0.249. The van der Waals surface area contributed by atoms with Crippen LogP contribution in [0.1, 0.15) is 53.4 Å². The quantitative estimate of drug-likeness (QED) is 0.520. The van der Waals surface area contributed by atoms with Gasteiger partial charge in [0.05, 0.1) is 6.61 Å². The number of esters is 1. The first-order chi connectivity index (χ1) is 10.2. The molecule has 0 saturated carbocycles. The summed E-state index contributed by atoms with van der Waals surface area (Å²) in [5.74, 6) is -0.454. The van der Waals surface area contributed by atoms with E-state index >= 15 is 0 Å². The van der Waals surface area contributed by atoms with Crippen LogP contribution in [0.3, 0.4) is 0 Å². The molecule has 0 aliphatic heterocycles. The zero-order valence-electron chi connectivity index (χ0n) is 14.2. The first-order valence-electron chi connectivity index (χ1n) is 7.61. The second-order valence-electron chi connectivity index (χ2n) is 6.08. The molecule has 0 aromatic rings. The second-order valence-corrected chi connectivity index (χ2v) is 6.08. The standard InChI is InChI=1S/C17H29NO4/c1-7-10-12-17(13-11-8-2,14(19)21-9-3)18-15(20)22-16(4,5)6/h7-8H,1-2,9-13H2,3-6H3,(H,18,20). The minimum Gasteiger partial charge on any atom is -0.464 e. The van der Waals surface area contributed by atoms with Crippen LogP contribution < -0.4 is 5.32 Å². The number of nitrogens with one attached hydrogen (secondary N) is 1. The number of allylic oxidation sites excluding steroid dienone is 2. The Morgan fingerprint density at radius 3 is 1.95 bits per heavy atom. The molecule has 1 N–H and O–H groups in total. The van der Waals surface area contributed by atoms with Crippen molar-refractivity contribution < 1.29 is 19.1 Å². The first-order valence-corrected chi connectivity index (χ1v) is 7.61. The fourth-order valence-corrected chi connectivity index (χ4v) is 1.97. The maximum Gasteiger partial charge on any atom is 0.408 e. The van der Waals surface area contributed by atoms with Crippen molar-refractivity contribution in [2.75, 3.05) is 6.61 Å². The molecule has 0 saturated heterocycles. The van der Waals surface area contributed by atoms with Gasteiger partial charge in [0, 0.05) is 0 Å². The largest absolute Gasteiger partial charge is 0.464 e. The molecule has 0 bridgehead atoms. The van der Waals surface area contributed by atoms with E-state index in [-0.39, 0.29) is 6.61 Å². The van der Waals surface area contributed by atoms with Gasteiger partial charge in [-0.15, -0.1) is 13.2 Å². The number of hydrogen-bond donors (Lipinski definition) is 1. The minimum atomic E-state index is -1.12. The van der Waals surface area contributed by atoms with Crippen molar-refractivity contribution in [3.05, 3.63) is 25.3 Å². The van der Waals surface area contributed by atoms with Crippen LogP contribution in [-0.4, -0.2) is 29.8 Å². The summed E-state index contributed by atoms with van der Waals surface area (Å²) in [6.45, 7) is 14.6. The van der Waals surface area contributed by atoms with Crippen molar-refractivity contribution in [3.8, 4) is 0 Å². The number of carbonyl (C=O) groups excluding carboxylic acids is 2. The fraction of sp³-hybridized carbons (Fsp3) is 0.647. The third-order valence-corrected chi connectivity index (χ3v) is 2.96. The molecule has 5 nitrogen and oxygen atoms in total. The summed E-state index contributed by atoms with van der Waals surface area (Å²) in [6.07, 6.45) is 4.74. The summed E-state index contributed by atoms with van der Waals surface area (Å²) in [5, 5.41) is 2.71. The van der Waals surface area contributed by atoms with Gasteiger partial charge in [-0.2, -0.15) is 0 Å². The Balaban J connectivity index is 5.29. The Bertz CT molecular complexity index is 384. The topological polar surface area (TPSA) is 64.6 Å². The molecule has 0 aromatic carbocycles. The summed E-state index contributed by atoms with van der Waals surface area (Å²) in [4.78, 5) is 24.5. The van der Waals surface area contributed by atoms with Gasteiger partial charge in [-0.1, -0.05) is 12.2 Å². The Morgan fingerprint density at radius 2 is 1.59 bits per heavy atom. The number of amides is 1. The highest BCUT2D eigenvalue weighted by molar-refractivity contribution is 5.86. The van der Waals surface area contributed by atoms with Gasteiger partial charge in [-0.05, 0) is 53.4 Å². The summed E-state index contributed by atoms with van der Waals surface area (Å²) < 4.78 is 10.4. The Hall–Kier alpha value is -1.78. The predicted molar refractivity (Wildman–Crippen MR) is 87.6 cm³/mol. The highest BCUT2D eigenvalue weighted by atomic mass is 16.6.